The first-order valence-corrected chi connectivity index (χ1v) is 9.59. The molecule has 0 amide bonds. The number of benzene rings is 1. The fourth-order valence-electron chi connectivity index (χ4n) is 3.86. The molecule has 3 nitrogen and oxygen atoms in total. The summed E-state index contributed by atoms with van der Waals surface area (Å²) in [6.45, 7) is 5.00. The minimum absolute atomic E-state index is 0.670. The summed E-state index contributed by atoms with van der Waals surface area (Å²) in [6.07, 6.45) is 9.63. The van der Waals surface area contributed by atoms with Crippen LogP contribution in [0.25, 0.3) is 0 Å². The Morgan fingerprint density at radius 3 is 2.33 bits per heavy atom. The van der Waals surface area contributed by atoms with Crippen molar-refractivity contribution in [3.63, 3.8) is 0 Å². The maximum absolute atomic E-state index is 12.1. The monoisotopic (exact) mass is 332 g/mol. The van der Waals surface area contributed by atoms with Gasteiger partial charge in [0.25, 0.3) is 0 Å². The summed E-state index contributed by atoms with van der Waals surface area (Å²) in [6, 6.07) is 7.75. The lowest BCUT2D eigenvalue weighted by atomic mass is 9.66. The fourth-order valence-corrected chi connectivity index (χ4v) is 3.86. The standard InChI is InChI=1S/C21H32O3/c1-3-5-6-7-17-12-14-21(15-13-17,20(22)23)18-8-10-19(11-9-18)24-16-4-2/h8-11,17H,3-7,12-16H2,1-2H3,(H,22,23). The third kappa shape index (κ3) is 4.52. The van der Waals surface area contributed by atoms with Gasteiger partial charge in [-0.2, -0.15) is 0 Å². The highest BCUT2D eigenvalue weighted by molar-refractivity contribution is 5.81. The Hall–Kier alpha value is -1.51. The molecule has 0 spiro atoms. The zero-order valence-corrected chi connectivity index (χ0v) is 15.2. The van der Waals surface area contributed by atoms with Gasteiger partial charge in [0.15, 0.2) is 0 Å². The molecule has 1 N–H and O–H groups in total. The van der Waals surface area contributed by atoms with Crippen molar-refractivity contribution in [2.75, 3.05) is 6.61 Å². The first kappa shape index (κ1) is 18.8. The predicted molar refractivity (Wildman–Crippen MR) is 97.6 cm³/mol. The summed E-state index contributed by atoms with van der Waals surface area (Å²) in [4.78, 5) is 12.1. The highest BCUT2D eigenvalue weighted by atomic mass is 16.5. The van der Waals surface area contributed by atoms with Crippen LogP contribution in [0.4, 0.5) is 0 Å². The molecule has 1 aliphatic rings. The van der Waals surface area contributed by atoms with E-state index in [1.807, 2.05) is 24.3 Å². The normalized spacial score (nSPS) is 23.8. The van der Waals surface area contributed by atoms with Crippen LogP contribution in [0.1, 0.15) is 77.2 Å². The van der Waals surface area contributed by atoms with E-state index in [2.05, 4.69) is 13.8 Å². The van der Waals surface area contributed by atoms with E-state index in [1.54, 1.807) is 0 Å². The third-order valence-electron chi connectivity index (χ3n) is 5.46. The third-order valence-corrected chi connectivity index (χ3v) is 5.46. The van der Waals surface area contributed by atoms with Gasteiger partial charge in [0.1, 0.15) is 5.75 Å². The Balaban J connectivity index is 2.03. The molecule has 0 unspecified atom stereocenters. The van der Waals surface area contributed by atoms with Gasteiger partial charge in [0, 0.05) is 0 Å². The number of aliphatic carboxylic acids is 1. The predicted octanol–water partition coefficient (Wildman–Crippen LogP) is 5.57. The molecule has 134 valence electrons. The Kier molecular flexibility index (Phi) is 7.14. The molecule has 1 aromatic rings. The van der Waals surface area contributed by atoms with Crippen LogP contribution in [-0.4, -0.2) is 17.7 Å². The molecule has 2 rings (SSSR count). The van der Waals surface area contributed by atoms with E-state index in [4.69, 9.17) is 4.74 Å². The summed E-state index contributed by atoms with van der Waals surface area (Å²) in [5, 5.41) is 9.92. The topological polar surface area (TPSA) is 46.5 Å². The lowest BCUT2D eigenvalue weighted by molar-refractivity contribution is -0.145. The zero-order chi connectivity index (χ0) is 17.4. The van der Waals surface area contributed by atoms with Gasteiger partial charge in [-0.3, -0.25) is 4.79 Å². The summed E-state index contributed by atoms with van der Waals surface area (Å²) in [5.41, 5.74) is 0.232. The van der Waals surface area contributed by atoms with Gasteiger partial charge in [-0.05, 0) is 55.7 Å². The molecule has 1 fully saturated rings. The van der Waals surface area contributed by atoms with Crippen molar-refractivity contribution >= 4 is 5.97 Å². The molecule has 1 saturated carbocycles. The quantitative estimate of drug-likeness (QED) is 0.601. The Morgan fingerprint density at radius 2 is 1.79 bits per heavy atom. The molecule has 0 bridgehead atoms. The minimum atomic E-state index is -0.704. The molecule has 0 atom stereocenters. The SMILES string of the molecule is CCCCCC1CCC(C(=O)O)(c2ccc(OCCC)cc2)CC1. The van der Waals surface area contributed by atoms with E-state index in [9.17, 15) is 9.90 Å². The zero-order valence-electron chi connectivity index (χ0n) is 15.2. The van der Waals surface area contributed by atoms with Crippen molar-refractivity contribution in [2.45, 2.75) is 77.0 Å². The fraction of sp³-hybridized carbons (Fsp3) is 0.667. The Morgan fingerprint density at radius 1 is 1.12 bits per heavy atom. The number of carbonyl (C=O) groups is 1. The van der Waals surface area contributed by atoms with E-state index >= 15 is 0 Å². The van der Waals surface area contributed by atoms with Gasteiger partial charge in [0.2, 0.25) is 0 Å². The van der Waals surface area contributed by atoms with Crippen molar-refractivity contribution < 1.29 is 14.6 Å². The van der Waals surface area contributed by atoms with Crippen molar-refractivity contribution in [3.8, 4) is 5.75 Å². The summed E-state index contributed by atoms with van der Waals surface area (Å²) in [5.74, 6) is 0.863. The van der Waals surface area contributed by atoms with Gasteiger partial charge in [-0.15, -0.1) is 0 Å². The van der Waals surface area contributed by atoms with Crippen LogP contribution in [0.5, 0.6) is 5.75 Å². The highest BCUT2D eigenvalue weighted by Crippen LogP contribution is 2.43. The van der Waals surface area contributed by atoms with Gasteiger partial charge in [-0.25, -0.2) is 0 Å². The Labute approximate surface area is 146 Å². The van der Waals surface area contributed by atoms with Crippen LogP contribution in [0.15, 0.2) is 24.3 Å². The number of unbranched alkanes of at least 4 members (excludes halogenated alkanes) is 2. The molecular weight excluding hydrogens is 300 g/mol. The van der Waals surface area contributed by atoms with Crippen LogP contribution in [0, 0.1) is 5.92 Å². The summed E-state index contributed by atoms with van der Waals surface area (Å²) >= 11 is 0. The van der Waals surface area contributed by atoms with Crippen LogP contribution in [0.2, 0.25) is 0 Å². The second-order valence-corrected chi connectivity index (χ2v) is 7.20. The van der Waals surface area contributed by atoms with E-state index in [1.165, 1.54) is 25.7 Å². The van der Waals surface area contributed by atoms with Gasteiger partial charge < -0.3 is 9.84 Å². The van der Waals surface area contributed by atoms with E-state index in [-0.39, 0.29) is 0 Å². The smallest absolute Gasteiger partial charge is 0.314 e. The maximum Gasteiger partial charge on any atom is 0.314 e. The molecule has 0 heterocycles. The second kappa shape index (κ2) is 9.10. The lowest BCUT2D eigenvalue weighted by Gasteiger charge is -2.37. The summed E-state index contributed by atoms with van der Waals surface area (Å²) in [7, 11) is 0. The van der Waals surface area contributed by atoms with Crippen LogP contribution >= 0.6 is 0 Å². The summed E-state index contributed by atoms with van der Waals surface area (Å²) < 4.78 is 5.62. The van der Waals surface area contributed by atoms with Crippen molar-refractivity contribution in [2.24, 2.45) is 5.92 Å². The first-order valence-electron chi connectivity index (χ1n) is 9.59. The Bertz CT molecular complexity index is 498. The number of hydrogen-bond acceptors (Lipinski definition) is 2. The number of ether oxygens (including phenoxy) is 1. The molecular formula is C21H32O3. The lowest BCUT2D eigenvalue weighted by Crippen LogP contribution is -2.39. The molecule has 24 heavy (non-hydrogen) atoms. The van der Waals surface area contributed by atoms with Crippen LogP contribution in [-0.2, 0) is 10.2 Å². The molecule has 1 aromatic carbocycles. The number of carboxylic acids is 1. The van der Waals surface area contributed by atoms with Crippen molar-refractivity contribution in [1.82, 2.24) is 0 Å². The number of rotatable bonds is 9. The van der Waals surface area contributed by atoms with Crippen LogP contribution < -0.4 is 4.74 Å². The van der Waals surface area contributed by atoms with Crippen LogP contribution in [0.3, 0.4) is 0 Å². The largest absolute Gasteiger partial charge is 0.494 e. The molecule has 3 heteroatoms. The average molecular weight is 332 g/mol. The number of carboxylic acid groups (broad SMARTS) is 1. The second-order valence-electron chi connectivity index (χ2n) is 7.20. The van der Waals surface area contributed by atoms with Crippen molar-refractivity contribution in [3.05, 3.63) is 29.8 Å². The molecule has 0 radical (unpaired) electrons. The van der Waals surface area contributed by atoms with Crippen molar-refractivity contribution in [1.29, 1.82) is 0 Å². The molecule has 0 aliphatic heterocycles. The van der Waals surface area contributed by atoms with Gasteiger partial charge in [-0.1, -0.05) is 51.7 Å². The average Bonchev–Trinajstić information content (AvgIpc) is 2.61. The molecule has 1 aliphatic carbocycles. The van der Waals surface area contributed by atoms with E-state index < -0.39 is 11.4 Å². The van der Waals surface area contributed by atoms with E-state index in [0.717, 1.165) is 43.4 Å². The maximum atomic E-state index is 12.1. The highest BCUT2D eigenvalue weighted by Gasteiger charge is 2.43. The number of hydrogen-bond donors (Lipinski definition) is 1. The van der Waals surface area contributed by atoms with Gasteiger partial charge >= 0.3 is 5.97 Å². The van der Waals surface area contributed by atoms with Gasteiger partial charge in [0.05, 0.1) is 12.0 Å². The van der Waals surface area contributed by atoms with E-state index in [0.29, 0.717) is 12.5 Å². The molecule has 0 saturated heterocycles. The first-order chi connectivity index (χ1) is 11.6. The molecule has 0 aromatic heterocycles. The minimum Gasteiger partial charge on any atom is -0.494 e.